The third-order valence-electron chi connectivity index (χ3n) is 4.55. The number of nitrogens with zero attached hydrogens (tertiary/aromatic N) is 6. The molecule has 0 fully saturated rings. The van der Waals surface area contributed by atoms with Crippen molar-refractivity contribution < 1.29 is 8.42 Å². The summed E-state index contributed by atoms with van der Waals surface area (Å²) >= 11 is 0. The van der Waals surface area contributed by atoms with Crippen LogP contribution in [0.25, 0.3) is 22.4 Å². The summed E-state index contributed by atoms with van der Waals surface area (Å²) in [5, 5.41) is 3.21. The van der Waals surface area contributed by atoms with Crippen molar-refractivity contribution in [2.24, 2.45) is 0 Å². The highest BCUT2D eigenvalue weighted by molar-refractivity contribution is 7.90. The van der Waals surface area contributed by atoms with Gasteiger partial charge in [-0.25, -0.2) is 33.3 Å². The minimum atomic E-state index is -3.36. The fourth-order valence-electron chi connectivity index (χ4n) is 3.27. The molecule has 0 aliphatic heterocycles. The van der Waals surface area contributed by atoms with E-state index in [9.17, 15) is 8.42 Å². The molecule has 10 heteroatoms. The van der Waals surface area contributed by atoms with Crippen LogP contribution >= 0.6 is 0 Å². The van der Waals surface area contributed by atoms with Crippen LogP contribution in [0.5, 0.6) is 0 Å². The molecule has 154 valence electrons. The summed E-state index contributed by atoms with van der Waals surface area (Å²) in [6, 6.07) is 7.03. The second-order valence-corrected chi connectivity index (χ2v) is 9.19. The van der Waals surface area contributed by atoms with E-state index in [4.69, 9.17) is 0 Å². The van der Waals surface area contributed by atoms with Gasteiger partial charge in [-0.05, 0) is 39.0 Å². The minimum Gasteiger partial charge on any atom is -0.326 e. The maximum atomic E-state index is 11.6. The van der Waals surface area contributed by atoms with Gasteiger partial charge in [0.05, 0.1) is 11.7 Å². The van der Waals surface area contributed by atoms with Crippen LogP contribution in [-0.2, 0) is 9.84 Å². The zero-order chi connectivity index (χ0) is 21.5. The van der Waals surface area contributed by atoms with E-state index in [2.05, 4.69) is 48.7 Å². The highest BCUT2D eigenvalue weighted by Crippen LogP contribution is 2.24. The van der Waals surface area contributed by atoms with Crippen molar-refractivity contribution in [2.45, 2.75) is 31.8 Å². The molecule has 4 heterocycles. The quantitative estimate of drug-likeness (QED) is 0.520. The summed E-state index contributed by atoms with van der Waals surface area (Å²) in [6.45, 7) is 6.20. The minimum absolute atomic E-state index is 0.00934. The van der Waals surface area contributed by atoms with Crippen LogP contribution in [0, 0.1) is 6.92 Å². The summed E-state index contributed by atoms with van der Waals surface area (Å²) in [5.74, 6) is 2.57. The van der Waals surface area contributed by atoms with E-state index in [1.54, 1.807) is 24.5 Å². The van der Waals surface area contributed by atoms with Crippen LogP contribution in [-0.4, -0.2) is 44.2 Å². The molecule has 4 aromatic rings. The van der Waals surface area contributed by atoms with Gasteiger partial charge in [-0.1, -0.05) is 0 Å². The van der Waals surface area contributed by atoms with Crippen molar-refractivity contribution in [3.05, 3.63) is 48.7 Å². The van der Waals surface area contributed by atoms with Crippen molar-refractivity contribution in [3.8, 4) is 11.4 Å². The lowest BCUT2D eigenvalue weighted by Gasteiger charge is -2.11. The van der Waals surface area contributed by atoms with Gasteiger partial charge in [-0.3, -0.25) is 0 Å². The number of pyridine rings is 2. The number of imidazole rings is 1. The second-order valence-electron chi connectivity index (χ2n) is 7.23. The van der Waals surface area contributed by atoms with Gasteiger partial charge in [-0.15, -0.1) is 0 Å². The fraction of sp³-hybridized carbons (Fsp3) is 0.250. The molecule has 0 aromatic carbocycles. The van der Waals surface area contributed by atoms with Gasteiger partial charge in [0.15, 0.2) is 20.7 Å². The number of aryl methyl sites for hydroxylation is 1. The summed E-state index contributed by atoms with van der Waals surface area (Å²) in [4.78, 5) is 21.7. The Morgan fingerprint density at radius 3 is 2.47 bits per heavy atom. The average Bonchev–Trinajstić information content (AvgIpc) is 3.03. The Morgan fingerprint density at radius 2 is 1.80 bits per heavy atom. The van der Waals surface area contributed by atoms with Crippen LogP contribution in [0.15, 0.2) is 47.9 Å². The average molecular weight is 424 g/mol. The summed E-state index contributed by atoms with van der Waals surface area (Å²) < 4.78 is 25.3. The molecule has 0 bridgehead atoms. The van der Waals surface area contributed by atoms with Gasteiger partial charge < -0.3 is 9.88 Å². The third-order valence-corrected chi connectivity index (χ3v) is 5.56. The standard InChI is InChI=1S/C20H21N7O2S/c1-12(2)27-13(3)24-15-11-22-18(9-16(15)27)25-17-7-8-21-20(26-17)14-5-6-19(23-10-14)30(4,28)29/h5-12H,1-4H3,(H,21,22,25,26). The van der Waals surface area contributed by atoms with Crippen LogP contribution in [0.3, 0.4) is 0 Å². The van der Waals surface area contributed by atoms with E-state index >= 15 is 0 Å². The molecular formula is C20H21N7O2S. The Kier molecular flexibility index (Phi) is 4.94. The van der Waals surface area contributed by atoms with Crippen LogP contribution in [0.4, 0.5) is 11.6 Å². The van der Waals surface area contributed by atoms with Gasteiger partial charge in [0.25, 0.3) is 0 Å². The Labute approximate surface area is 174 Å². The fourth-order valence-corrected chi connectivity index (χ4v) is 3.83. The molecule has 0 saturated carbocycles. The molecule has 1 N–H and O–H groups in total. The van der Waals surface area contributed by atoms with Crippen molar-refractivity contribution in [1.29, 1.82) is 0 Å². The van der Waals surface area contributed by atoms with Crippen molar-refractivity contribution >= 4 is 32.5 Å². The Bertz CT molecular complexity index is 1330. The predicted octanol–water partition coefficient (Wildman–Crippen LogP) is 3.32. The number of anilines is 2. The summed E-state index contributed by atoms with van der Waals surface area (Å²) in [6.07, 6.45) is 5.92. The molecule has 4 rings (SSSR count). The molecule has 0 aliphatic rings. The SMILES string of the molecule is Cc1nc2cnc(Nc3ccnc(-c4ccc(S(C)(=O)=O)nc4)n3)cc2n1C(C)C. The number of nitrogens with one attached hydrogen (secondary N) is 1. The zero-order valence-electron chi connectivity index (χ0n) is 17.0. The monoisotopic (exact) mass is 423 g/mol. The molecule has 0 amide bonds. The third kappa shape index (κ3) is 3.86. The van der Waals surface area contributed by atoms with Crippen LogP contribution in [0.1, 0.15) is 25.7 Å². The Hall–Kier alpha value is -3.40. The lowest BCUT2D eigenvalue weighted by molar-refractivity contribution is 0.598. The van der Waals surface area contributed by atoms with Crippen molar-refractivity contribution in [2.75, 3.05) is 11.6 Å². The zero-order valence-corrected chi connectivity index (χ0v) is 17.8. The topological polar surface area (TPSA) is 116 Å². The first-order chi connectivity index (χ1) is 14.2. The maximum Gasteiger partial charge on any atom is 0.192 e. The largest absolute Gasteiger partial charge is 0.326 e. The highest BCUT2D eigenvalue weighted by Gasteiger charge is 2.13. The van der Waals surface area contributed by atoms with E-state index in [1.165, 1.54) is 12.3 Å². The van der Waals surface area contributed by atoms with Crippen molar-refractivity contribution in [1.82, 2.24) is 29.5 Å². The van der Waals surface area contributed by atoms with E-state index in [0.717, 1.165) is 23.1 Å². The summed E-state index contributed by atoms with van der Waals surface area (Å²) in [5.41, 5.74) is 2.45. The predicted molar refractivity (Wildman–Crippen MR) is 114 cm³/mol. The van der Waals surface area contributed by atoms with Gasteiger partial charge in [0.2, 0.25) is 0 Å². The van der Waals surface area contributed by atoms with Gasteiger partial charge >= 0.3 is 0 Å². The van der Waals surface area contributed by atoms with Gasteiger partial charge in [0.1, 0.15) is 23.0 Å². The first-order valence-corrected chi connectivity index (χ1v) is 11.2. The molecule has 0 radical (unpaired) electrons. The number of aromatic nitrogens is 6. The molecule has 0 spiro atoms. The lowest BCUT2D eigenvalue weighted by atomic mass is 10.2. The molecule has 9 nitrogen and oxygen atoms in total. The highest BCUT2D eigenvalue weighted by atomic mass is 32.2. The van der Waals surface area contributed by atoms with Crippen molar-refractivity contribution in [3.63, 3.8) is 0 Å². The number of fused-ring (bicyclic) bond motifs is 1. The van der Waals surface area contributed by atoms with E-state index in [-0.39, 0.29) is 11.1 Å². The molecule has 0 aliphatic carbocycles. The van der Waals surface area contributed by atoms with Gasteiger partial charge in [-0.2, -0.15) is 0 Å². The molecule has 0 saturated heterocycles. The molecule has 4 aromatic heterocycles. The first kappa shape index (κ1) is 19.9. The molecule has 0 unspecified atom stereocenters. The van der Waals surface area contributed by atoms with E-state index in [0.29, 0.717) is 23.0 Å². The smallest absolute Gasteiger partial charge is 0.192 e. The summed E-state index contributed by atoms with van der Waals surface area (Å²) in [7, 11) is -3.36. The Morgan fingerprint density at radius 1 is 1.00 bits per heavy atom. The number of hydrogen-bond donors (Lipinski definition) is 1. The van der Waals surface area contributed by atoms with Crippen LogP contribution in [0.2, 0.25) is 0 Å². The Balaban J connectivity index is 1.64. The maximum absolute atomic E-state index is 11.6. The first-order valence-electron chi connectivity index (χ1n) is 9.33. The van der Waals surface area contributed by atoms with E-state index in [1.807, 2.05) is 13.0 Å². The van der Waals surface area contributed by atoms with E-state index < -0.39 is 9.84 Å². The molecule has 0 atom stereocenters. The van der Waals surface area contributed by atoms with Gasteiger partial charge in [0, 0.05) is 36.3 Å². The molecular weight excluding hydrogens is 402 g/mol. The second kappa shape index (κ2) is 7.45. The number of hydrogen-bond acceptors (Lipinski definition) is 8. The molecule has 30 heavy (non-hydrogen) atoms. The normalized spacial score (nSPS) is 11.9. The number of sulfone groups is 1. The van der Waals surface area contributed by atoms with Crippen LogP contribution < -0.4 is 5.32 Å². The number of rotatable bonds is 5. The lowest BCUT2D eigenvalue weighted by Crippen LogP contribution is -2.03.